The van der Waals surface area contributed by atoms with E-state index < -0.39 is 4.92 Å². The van der Waals surface area contributed by atoms with Crippen molar-refractivity contribution in [3.05, 3.63) is 63.1 Å². The van der Waals surface area contributed by atoms with Crippen molar-refractivity contribution in [2.45, 2.75) is 0 Å². The van der Waals surface area contributed by atoms with Gasteiger partial charge in [-0.1, -0.05) is 17.7 Å². The van der Waals surface area contributed by atoms with Crippen molar-refractivity contribution >= 4 is 29.7 Å². The molecule has 0 amide bonds. The molecule has 0 atom stereocenters. The quantitative estimate of drug-likeness (QED) is 0.488. The summed E-state index contributed by atoms with van der Waals surface area (Å²) in [6.45, 7) is 0. The molecule has 6 nitrogen and oxygen atoms in total. The molecule has 0 saturated heterocycles. The Morgan fingerprint density at radius 1 is 1.26 bits per heavy atom. The van der Waals surface area contributed by atoms with Crippen LogP contribution >= 0.6 is 11.6 Å². The zero-order valence-electron chi connectivity index (χ0n) is 9.56. The molecular formula is C12H8ClN3O3. The van der Waals surface area contributed by atoms with E-state index in [0.717, 1.165) is 0 Å². The van der Waals surface area contributed by atoms with Crippen molar-refractivity contribution in [1.82, 2.24) is 0 Å². The molecule has 1 aromatic carbocycles. The van der Waals surface area contributed by atoms with Crippen molar-refractivity contribution in [3.8, 4) is 0 Å². The third kappa shape index (κ3) is 3.49. The summed E-state index contributed by atoms with van der Waals surface area (Å²) >= 11 is 5.69. The second-order valence-electron chi connectivity index (χ2n) is 3.47. The van der Waals surface area contributed by atoms with Gasteiger partial charge in [-0.2, -0.15) is 10.2 Å². The highest BCUT2D eigenvalue weighted by atomic mass is 35.5. The Hall–Kier alpha value is -2.47. The first-order valence-corrected chi connectivity index (χ1v) is 5.58. The number of nitro benzene ring substituents is 1. The molecular weight excluding hydrogens is 270 g/mol. The lowest BCUT2D eigenvalue weighted by Gasteiger charge is -1.95. The van der Waals surface area contributed by atoms with E-state index in [9.17, 15) is 10.1 Å². The van der Waals surface area contributed by atoms with Crippen LogP contribution in [0.4, 0.5) is 5.69 Å². The van der Waals surface area contributed by atoms with Crippen LogP contribution in [0.15, 0.2) is 51.2 Å². The van der Waals surface area contributed by atoms with Crippen molar-refractivity contribution in [1.29, 1.82) is 0 Å². The zero-order valence-corrected chi connectivity index (χ0v) is 10.3. The molecule has 0 aliphatic rings. The lowest BCUT2D eigenvalue weighted by molar-refractivity contribution is -0.384. The second-order valence-corrected chi connectivity index (χ2v) is 3.88. The van der Waals surface area contributed by atoms with E-state index in [1.165, 1.54) is 30.8 Å². The van der Waals surface area contributed by atoms with Gasteiger partial charge in [0.25, 0.3) is 5.69 Å². The van der Waals surface area contributed by atoms with E-state index >= 15 is 0 Å². The largest absolute Gasteiger partial charge is 0.463 e. The summed E-state index contributed by atoms with van der Waals surface area (Å²) in [6.07, 6.45) is 4.34. The molecule has 2 rings (SSSR count). The molecule has 1 aromatic heterocycles. The molecule has 2 aromatic rings. The zero-order chi connectivity index (χ0) is 13.7. The van der Waals surface area contributed by atoms with E-state index in [4.69, 9.17) is 16.0 Å². The Morgan fingerprint density at radius 3 is 2.74 bits per heavy atom. The Labute approximate surface area is 113 Å². The number of hydrogen-bond donors (Lipinski definition) is 0. The maximum atomic E-state index is 10.7. The van der Waals surface area contributed by atoms with Crippen LogP contribution in [0.2, 0.25) is 5.02 Å². The standard InChI is InChI=1S/C12H8ClN3O3/c13-11-4-3-9(6-12(11)16(17)18)7-14-15-8-10-2-1-5-19-10/h1-8H/b14-7+,15-8+. The summed E-state index contributed by atoms with van der Waals surface area (Å²) in [4.78, 5) is 10.1. The Bertz CT molecular complexity index is 636. The highest BCUT2D eigenvalue weighted by Crippen LogP contribution is 2.24. The normalized spacial score (nSPS) is 11.4. The van der Waals surface area contributed by atoms with E-state index in [2.05, 4.69) is 10.2 Å². The Kier molecular flexibility index (Phi) is 4.04. The van der Waals surface area contributed by atoms with E-state index in [0.29, 0.717) is 11.3 Å². The van der Waals surface area contributed by atoms with Crippen LogP contribution in [0.3, 0.4) is 0 Å². The van der Waals surface area contributed by atoms with Gasteiger partial charge in [0.15, 0.2) is 0 Å². The first-order chi connectivity index (χ1) is 9.16. The molecule has 96 valence electrons. The molecule has 0 fully saturated rings. The molecule has 0 unspecified atom stereocenters. The van der Waals surface area contributed by atoms with Crippen molar-refractivity contribution in [3.63, 3.8) is 0 Å². The van der Waals surface area contributed by atoms with Crippen LogP contribution in [0.5, 0.6) is 0 Å². The highest BCUT2D eigenvalue weighted by Gasteiger charge is 2.11. The minimum atomic E-state index is -0.550. The van der Waals surface area contributed by atoms with Crippen LogP contribution in [0.1, 0.15) is 11.3 Å². The number of nitrogens with zero attached hydrogens (tertiary/aromatic N) is 3. The Balaban J connectivity index is 2.11. The summed E-state index contributed by atoms with van der Waals surface area (Å²) in [5, 5.41) is 18.3. The number of benzene rings is 1. The number of halogens is 1. The first-order valence-electron chi connectivity index (χ1n) is 5.20. The smallest absolute Gasteiger partial charge is 0.288 e. The van der Waals surface area contributed by atoms with E-state index in [-0.39, 0.29) is 10.7 Å². The molecule has 0 bridgehead atoms. The molecule has 0 aliphatic carbocycles. The fourth-order valence-electron chi connectivity index (χ4n) is 1.30. The molecule has 1 heterocycles. The molecule has 0 spiro atoms. The second kappa shape index (κ2) is 5.92. The van der Waals surface area contributed by atoms with E-state index in [1.54, 1.807) is 18.2 Å². The summed E-state index contributed by atoms with van der Waals surface area (Å²) in [6, 6.07) is 7.84. The van der Waals surface area contributed by atoms with Gasteiger partial charge in [0.1, 0.15) is 10.8 Å². The van der Waals surface area contributed by atoms with Crippen LogP contribution in [-0.4, -0.2) is 17.4 Å². The van der Waals surface area contributed by atoms with Crippen LogP contribution in [-0.2, 0) is 0 Å². The fraction of sp³-hybridized carbons (Fsp3) is 0. The minimum absolute atomic E-state index is 0.0845. The topological polar surface area (TPSA) is 81.0 Å². The SMILES string of the molecule is O=[N+]([O-])c1cc(/C=N/N=C/c2ccco2)ccc1Cl. The third-order valence-corrected chi connectivity index (χ3v) is 2.49. The summed E-state index contributed by atoms with van der Waals surface area (Å²) in [5.74, 6) is 0.569. The molecule has 7 heteroatoms. The van der Waals surface area contributed by atoms with Crippen molar-refractivity contribution in [2.75, 3.05) is 0 Å². The lowest BCUT2D eigenvalue weighted by Crippen LogP contribution is -1.91. The molecule has 19 heavy (non-hydrogen) atoms. The predicted molar refractivity (Wildman–Crippen MR) is 72.0 cm³/mol. The summed E-state index contributed by atoms with van der Waals surface area (Å²) in [5.41, 5.74) is 0.369. The summed E-state index contributed by atoms with van der Waals surface area (Å²) < 4.78 is 5.02. The van der Waals surface area contributed by atoms with Gasteiger partial charge in [0.2, 0.25) is 0 Å². The maximum Gasteiger partial charge on any atom is 0.288 e. The van der Waals surface area contributed by atoms with Crippen molar-refractivity contribution in [2.24, 2.45) is 10.2 Å². The summed E-state index contributed by atoms with van der Waals surface area (Å²) in [7, 11) is 0. The van der Waals surface area contributed by atoms with Crippen LogP contribution in [0.25, 0.3) is 0 Å². The lowest BCUT2D eigenvalue weighted by atomic mass is 10.2. The molecule has 0 aliphatic heterocycles. The number of rotatable bonds is 4. The fourth-order valence-corrected chi connectivity index (χ4v) is 1.49. The molecule has 0 N–H and O–H groups in total. The van der Waals surface area contributed by atoms with Gasteiger partial charge in [0, 0.05) is 11.6 Å². The average molecular weight is 278 g/mol. The van der Waals surface area contributed by atoms with Crippen LogP contribution in [0, 0.1) is 10.1 Å². The molecule has 0 radical (unpaired) electrons. The highest BCUT2D eigenvalue weighted by molar-refractivity contribution is 6.32. The van der Waals surface area contributed by atoms with Gasteiger partial charge in [-0.3, -0.25) is 10.1 Å². The average Bonchev–Trinajstić information content (AvgIpc) is 2.89. The predicted octanol–water partition coefficient (Wildman–Crippen LogP) is 3.29. The number of furan rings is 1. The minimum Gasteiger partial charge on any atom is -0.463 e. The van der Waals surface area contributed by atoms with E-state index in [1.807, 2.05) is 0 Å². The first kappa shape index (κ1) is 13.0. The van der Waals surface area contributed by atoms with Crippen LogP contribution < -0.4 is 0 Å². The van der Waals surface area contributed by atoms with Gasteiger partial charge < -0.3 is 4.42 Å². The Morgan fingerprint density at radius 2 is 2.05 bits per heavy atom. The van der Waals surface area contributed by atoms with Gasteiger partial charge in [0.05, 0.1) is 23.6 Å². The molecule has 0 saturated carbocycles. The number of hydrogen-bond acceptors (Lipinski definition) is 5. The monoisotopic (exact) mass is 277 g/mol. The third-order valence-electron chi connectivity index (χ3n) is 2.17. The van der Waals surface area contributed by atoms with Gasteiger partial charge in [-0.25, -0.2) is 0 Å². The number of nitro groups is 1. The van der Waals surface area contributed by atoms with Gasteiger partial charge >= 0.3 is 0 Å². The van der Waals surface area contributed by atoms with Crippen molar-refractivity contribution < 1.29 is 9.34 Å². The van der Waals surface area contributed by atoms with Gasteiger partial charge in [-0.05, 0) is 18.2 Å². The van der Waals surface area contributed by atoms with Gasteiger partial charge in [-0.15, -0.1) is 0 Å². The maximum absolute atomic E-state index is 10.7.